The van der Waals surface area contributed by atoms with Crippen molar-refractivity contribution in [2.45, 2.75) is 217 Å². The number of carbonyl (C=O) groups is 18. The number of carboxylic acid groups (broad SMARTS) is 2. The van der Waals surface area contributed by atoms with E-state index in [1.54, 1.807) is 34.6 Å². The molecule has 0 saturated carbocycles. The van der Waals surface area contributed by atoms with E-state index in [9.17, 15) is 102 Å². The Morgan fingerprint density at radius 2 is 0.846 bits per heavy atom. The van der Waals surface area contributed by atoms with Gasteiger partial charge in [0, 0.05) is 24.7 Å². The first-order valence-electron chi connectivity index (χ1n) is 33.7. The Labute approximate surface area is 599 Å². The van der Waals surface area contributed by atoms with Crippen LogP contribution in [-0.2, 0) is 92.7 Å². The van der Waals surface area contributed by atoms with E-state index in [-0.39, 0.29) is 70.3 Å². The average Bonchev–Trinajstić information content (AvgIpc) is 0.888. The highest BCUT2D eigenvalue weighted by atomic mass is 16.4. The molecule has 0 aliphatic rings. The molecule has 0 saturated heterocycles. The van der Waals surface area contributed by atoms with Gasteiger partial charge in [-0.15, -0.1) is 0 Å². The number of primary amides is 4. The van der Waals surface area contributed by atoms with Gasteiger partial charge in [0.1, 0.15) is 66.5 Å². The lowest BCUT2D eigenvalue weighted by Crippen LogP contribution is -2.62. The fourth-order valence-electron chi connectivity index (χ4n) is 9.93. The van der Waals surface area contributed by atoms with E-state index in [0.717, 1.165) is 0 Å². The molecular formula is C62H105N21O21. The fraction of sp³-hybridized carbons (Fsp3) is 0.661. The van der Waals surface area contributed by atoms with Gasteiger partial charge in [0.2, 0.25) is 94.5 Å². The molecule has 1 aromatic heterocycles. The van der Waals surface area contributed by atoms with Crippen molar-refractivity contribution in [1.29, 1.82) is 0 Å². The summed E-state index contributed by atoms with van der Waals surface area (Å²) in [5.74, 6) is -22.7. The second-order valence-corrected chi connectivity index (χ2v) is 25.6. The maximum atomic E-state index is 14.3. The lowest BCUT2D eigenvalue weighted by Gasteiger charge is -2.29. The number of H-pyrrole nitrogens is 1. The van der Waals surface area contributed by atoms with Gasteiger partial charge in [0.05, 0.1) is 51.2 Å². The van der Waals surface area contributed by atoms with Gasteiger partial charge in [-0.2, -0.15) is 0 Å². The van der Waals surface area contributed by atoms with Gasteiger partial charge in [0.15, 0.2) is 0 Å². The predicted molar refractivity (Wildman–Crippen MR) is 366 cm³/mol. The summed E-state index contributed by atoms with van der Waals surface area (Å²) >= 11 is 0. The van der Waals surface area contributed by atoms with Gasteiger partial charge in [-0.25, -0.2) is 9.78 Å². The van der Waals surface area contributed by atoms with Crippen molar-refractivity contribution in [1.82, 2.24) is 73.8 Å². The standard InChI is InChI=1S/C62H105N21O21/c1-7-31(6)50(61(102)81-40(22-46(68)87)58(99)77-37(19-30(4)5)55(96)80-42(24-49(90)91)59(100)82-43(27-84)62(103)104)83-60(101)41(23-47(69)88)78-53(94)34(13-9-11-17-64)74-57(98)39(21-45(67)86)79-54(95)36(18-29(2)3)73-48(89)26-71-52(93)35(14-15-44(66)85)75-56(97)38(20-32-25-70-28-72-32)76-51(92)33(65)12-8-10-16-63/h25,28-31,33-43,50,84H,7-24,26-27,63-65H2,1-6H3,(H2,66,85)(H2,67,86)(H2,68,87)(H2,69,88)(H,70,72)(H,71,93)(H,73,89)(H,74,98)(H,75,97)(H,76,92)(H,77,99)(H,78,94)(H,79,95)(H,80,96)(H,81,102)(H,82,100)(H,83,101)(H,90,91)(H,103,104)/t31-,33-,34-,35-,36-,37-,38-,39-,40-,41-,42-,43-,50-/m0/s1. The SMILES string of the molecule is CC[C@H](C)[C@H](NC(=O)[C@H](CC(N)=O)NC(=O)[C@H](CCCCN)NC(=O)[C@H](CC(N)=O)NC(=O)[C@H](CC(C)C)NC(=O)CNC(=O)[C@H](CCC(N)=O)NC(=O)[C@H](Cc1cnc[nH]1)NC(=O)[C@@H](N)CCCCN)C(=O)N[C@@H](CC(N)=O)C(=O)N[C@@H](CC(C)C)C(=O)N[C@@H](CC(=O)O)C(=O)N[C@@H](CO)C(=O)O. The maximum absolute atomic E-state index is 14.3. The molecule has 1 heterocycles. The third-order valence-corrected chi connectivity index (χ3v) is 15.6. The molecule has 30 N–H and O–H groups in total. The van der Waals surface area contributed by atoms with E-state index in [2.05, 4.69) is 68.5 Å². The molecule has 104 heavy (non-hydrogen) atoms. The summed E-state index contributed by atoms with van der Waals surface area (Å²) in [5.41, 5.74) is 39.6. The van der Waals surface area contributed by atoms with E-state index in [1.807, 2.05) is 5.32 Å². The van der Waals surface area contributed by atoms with Gasteiger partial charge < -0.3 is 124 Å². The molecule has 0 fully saturated rings. The van der Waals surface area contributed by atoms with Crippen LogP contribution in [-0.4, -0.2) is 230 Å². The molecule has 0 aromatic carbocycles. The summed E-state index contributed by atoms with van der Waals surface area (Å²) in [6, 6.07) is -20.1. The minimum atomic E-state index is -1.97. The zero-order valence-electron chi connectivity index (χ0n) is 59.1. The smallest absolute Gasteiger partial charge is 0.328 e. The van der Waals surface area contributed by atoms with Gasteiger partial charge in [0.25, 0.3) is 0 Å². The predicted octanol–water partition coefficient (Wildman–Crippen LogP) is -9.43. The number of hydrogen-bond acceptors (Lipinski definition) is 23. The Morgan fingerprint density at radius 1 is 0.452 bits per heavy atom. The Bertz CT molecular complexity index is 3120. The van der Waals surface area contributed by atoms with Crippen LogP contribution in [0, 0.1) is 17.8 Å². The van der Waals surface area contributed by atoms with Crippen LogP contribution in [0.25, 0.3) is 0 Å². The number of aliphatic hydroxyl groups is 1. The first kappa shape index (κ1) is 91.5. The molecular weight excluding hydrogens is 1370 g/mol. The average molecular weight is 1480 g/mol. The number of rotatable bonds is 53. The molecule has 0 aliphatic heterocycles. The molecule has 0 radical (unpaired) electrons. The number of imidazole rings is 1. The highest BCUT2D eigenvalue weighted by molar-refractivity contribution is 6.02. The number of nitrogens with one attached hydrogen (secondary N) is 13. The van der Waals surface area contributed by atoms with Gasteiger partial charge in [-0.05, 0) is 82.2 Å². The molecule has 1 aromatic rings. The zero-order valence-corrected chi connectivity index (χ0v) is 59.1. The molecule has 0 aliphatic carbocycles. The van der Waals surface area contributed by atoms with Crippen LogP contribution in [0.5, 0.6) is 0 Å². The maximum Gasteiger partial charge on any atom is 0.328 e. The van der Waals surface area contributed by atoms with Crippen LogP contribution in [0.1, 0.15) is 144 Å². The van der Waals surface area contributed by atoms with E-state index < -0.39 is 236 Å². The third-order valence-electron chi connectivity index (χ3n) is 15.6. The van der Waals surface area contributed by atoms with Crippen molar-refractivity contribution in [3.05, 3.63) is 18.2 Å². The summed E-state index contributed by atoms with van der Waals surface area (Å²) in [5, 5.41) is 56.0. The number of carboxylic acids is 2. The van der Waals surface area contributed by atoms with E-state index in [4.69, 9.17) is 40.1 Å². The second-order valence-electron chi connectivity index (χ2n) is 25.6. The molecule has 0 unspecified atom stereocenters. The summed E-state index contributed by atoms with van der Waals surface area (Å²) in [4.78, 5) is 245. The summed E-state index contributed by atoms with van der Waals surface area (Å²) in [6.45, 7) is 8.00. The number of nitrogens with two attached hydrogens (primary N) is 7. The van der Waals surface area contributed by atoms with Crippen LogP contribution >= 0.6 is 0 Å². The van der Waals surface area contributed by atoms with Crippen LogP contribution in [0.3, 0.4) is 0 Å². The monoisotopic (exact) mass is 1480 g/mol. The van der Waals surface area contributed by atoms with Crippen LogP contribution < -0.4 is 104 Å². The number of aromatic nitrogens is 2. The van der Waals surface area contributed by atoms with Gasteiger partial charge in [-0.3, -0.25) is 81.5 Å². The Balaban J connectivity index is 3.55. The van der Waals surface area contributed by atoms with Crippen LogP contribution in [0.2, 0.25) is 0 Å². The number of unbranched alkanes of at least 4 members (excludes halogenated alkanes) is 2. The first-order chi connectivity index (χ1) is 48.8. The molecule has 584 valence electrons. The molecule has 1 rings (SSSR count). The fourth-order valence-corrected chi connectivity index (χ4v) is 9.93. The van der Waals surface area contributed by atoms with Crippen LogP contribution in [0.15, 0.2) is 12.5 Å². The van der Waals surface area contributed by atoms with E-state index >= 15 is 0 Å². The Hall–Kier alpha value is -10.5. The molecule has 42 nitrogen and oxygen atoms in total. The highest BCUT2D eigenvalue weighted by Crippen LogP contribution is 2.14. The second kappa shape index (κ2) is 47.6. The molecule has 42 heteroatoms. The zero-order chi connectivity index (χ0) is 79.1. The summed E-state index contributed by atoms with van der Waals surface area (Å²) in [7, 11) is 0. The first-order valence-corrected chi connectivity index (χ1v) is 33.7. The third kappa shape index (κ3) is 35.9. The van der Waals surface area contributed by atoms with Crippen molar-refractivity contribution < 1.29 is 102 Å². The number of nitrogens with zero attached hydrogens (tertiary/aromatic N) is 1. The minimum absolute atomic E-state index is 0.0738. The number of aliphatic carboxylic acids is 2. The van der Waals surface area contributed by atoms with E-state index in [0.29, 0.717) is 25.1 Å². The Kier molecular flexibility index (Phi) is 41.9. The van der Waals surface area contributed by atoms with Crippen molar-refractivity contribution >= 4 is 106 Å². The number of aliphatic hydroxyl groups excluding tert-OH is 1. The topological polar surface area (TPSA) is 723 Å². The van der Waals surface area contributed by atoms with Crippen molar-refractivity contribution in [2.24, 2.45) is 57.9 Å². The highest BCUT2D eigenvalue weighted by Gasteiger charge is 2.39. The number of amides is 16. The van der Waals surface area contributed by atoms with Gasteiger partial charge >= 0.3 is 11.9 Å². The minimum Gasteiger partial charge on any atom is -0.481 e. The van der Waals surface area contributed by atoms with Gasteiger partial charge in [-0.1, -0.05) is 54.4 Å². The van der Waals surface area contributed by atoms with E-state index in [1.165, 1.54) is 19.4 Å². The number of carbonyl (C=O) groups excluding carboxylic acids is 16. The largest absolute Gasteiger partial charge is 0.481 e. The molecule has 0 spiro atoms. The lowest BCUT2D eigenvalue weighted by atomic mass is 9.96. The van der Waals surface area contributed by atoms with Crippen molar-refractivity contribution in [3.8, 4) is 0 Å². The Morgan fingerprint density at radius 3 is 1.27 bits per heavy atom. The number of aromatic amines is 1. The molecule has 13 atom stereocenters. The normalized spacial score (nSPS) is 14.8. The van der Waals surface area contributed by atoms with Crippen molar-refractivity contribution in [2.75, 3.05) is 26.2 Å². The molecule has 0 bridgehead atoms. The number of hydrogen-bond donors (Lipinski definition) is 23. The van der Waals surface area contributed by atoms with Crippen LogP contribution in [0.4, 0.5) is 0 Å². The summed E-state index contributed by atoms with van der Waals surface area (Å²) in [6.07, 6.45) is -1.03. The quantitative estimate of drug-likeness (QED) is 0.0269. The van der Waals surface area contributed by atoms with Crippen molar-refractivity contribution in [3.63, 3.8) is 0 Å². The molecule has 16 amide bonds. The summed E-state index contributed by atoms with van der Waals surface area (Å²) < 4.78 is 0. The lowest BCUT2D eigenvalue weighted by molar-refractivity contribution is -0.144.